The SMILES string of the molecule is Cc1c2ccccc2c(C(C)(C)C)c2cc3c(cc12)B1c2c(cc4oc5ccccc5c4c2-c2cc(C(C)(C)C)cc4c5cc(C(C)(C)C)ccc5n1c24)N3c1cc(-c2ccccc2)cc(-c2ccccc2)c1. The predicted octanol–water partition coefficient (Wildman–Crippen LogP) is 18.0. The Labute approximate surface area is 428 Å². The molecule has 354 valence electrons. The van der Waals surface area contributed by atoms with Crippen molar-refractivity contribution in [3.63, 3.8) is 0 Å². The van der Waals surface area contributed by atoms with E-state index in [2.05, 4.69) is 255 Å². The van der Waals surface area contributed by atoms with Crippen LogP contribution in [-0.2, 0) is 16.2 Å². The van der Waals surface area contributed by atoms with Crippen molar-refractivity contribution in [3.8, 4) is 33.4 Å². The number of fused-ring (bicyclic) bond motifs is 13. The Hall–Kier alpha value is -7.82. The molecule has 0 N–H and O–H groups in total. The zero-order valence-electron chi connectivity index (χ0n) is 43.6. The summed E-state index contributed by atoms with van der Waals surface area (Å²) in [5.41, 5.74) is 22.7. The topological polar surface area (TPSA) is 21.3 Å². The van der Waals surface area contributed by atoms with Crippen molar-refractivity contribution in [1.82, 2.24) is 4.48 Å². The Morgan fingerprint density at radius 1 is 0.438 bits per heavy atom. The average Bonchev–Trinajstić information content (AvgIpc) is 3.94. The van der Waals surface area contributed by atoms with Crippen LogP contribution < -0.4 is 15.8 Å². The maximum atomic E-state index is 7.14. The number of para-hydroxylation sites is 1. The second kappa shape index (κ2) is 15.1. The van der Waals surface area contributed by atoms with Crippen LogP contribution in [0.1, 0.15) is 84.6 Å². The van der Waals surface area contributed by atoms with Crippen molar-refractivity contribution in [2.75, 3.05) is 4.90 Å². The zero-order chi connectivity index (χ0) is 50.0. The molecule has 0 fully saturated rings. The molecule has 3 nitrogen and oxygen atoms in total. The smallest absolute Gasteiger partial charge is 0.333 e. The molecule has 0 bridgehead atoms. The molecule has 0 saturated carbocycles. The molecule has 73 heavy (non-hydrogen) atoms. The monoisotopic (exact) mass is 942 g/mol. The highest BCUT2D eigenvalue weighted by molar-refractivity contribution is 6.90. The third-order valence-corrected chi connectivity index (χ3v) is 16.5. The summed E-state index contributed by atoms with van der Waals surface area (Å²) >= 11 is 0. The van der Waals surface area contributed by atoms with E-state index in [9.17, 15) is 0 Å². The van der Waals surface area contributed by atoms with Gasteiger partial charge in [0.25, 0.3) is 0 Å². The normalized spacial score (nSPS) is 13.6. The highest BCUT2D eigenvalue weighted by Gasteiger charge is 2.45. The van der Waals surface area contributed by atoms with Crippen LogP contribution in [0.5, 0.6) is 0 Å². The van der Waals surface area contributed by atoms with Crippen molar-refractivity contribution in [3.05, 3.63) is 198 Å². The zero-order valence-corrected chi connectivity index (χ0v) is 43.6. The van der Waals surface area contributed by atoms with Crippen molar-refractivity contribution in [2.45, 2.75) is 85.5 Å². The first-order chi connectivity index (χ1) is 35.0. The highest BCUT2D eigenvalue weighted by Crippen LogP contribution is 2.53. The van der Waals surface area contributed by atoms with E-state index < -0.39 is 0 Å². The van der Waals surface area contributed by atoms with E-state index in [0.29, 0.717) is 0 Å². The third kappa shape index (κ3) is 6.38. The first-order valence-electron chi connectivity index (χ1n) is 26.2. The number of rotatable bonds is 3. The van der Waals surface area contributed by atoms with Crippen molar-refractivity contribution in [2.24, 2.45) is 0 Å². The van der Waals surface area contributed by atoms with E-state index in [-0.39, 0.29) is 23.1 Å². The molecule has 12 aromatic rings. The molecule has 0 aliphatic carbocycles. The predicted molar refractivity (Wildman–Crippen MR) is 314 cm³/mol. The van der Waals surface area contributed by atoms with Gasteiger partial charge in [0.2, 0.25) is 0 Å². The quantitative estimate of drug-likeness (QED) is 0.130. The van der Waals surface area contributed by atoms with Gasteiger partial charge in [0.1, 0.15) is 11.2 Å². The van der Waals surface area contributed by atoms with Crippen LogP contribution in [0.2, 0.25) is 0 Å². The lowest BCUT2D eigenvalue weighted by molar-refractivity contribution is 0.590. The number of hydrogen-bond donors (Lipinski definition) is 0. The van der Waals surface area contributed by atoms with E-state index in [4.69, 9.17) is 4.42 Å². The van der Waals surface area contributed by atoms with Gasteiger partial charge in [-0.05, 0) is 160 Å². The van der Waals surface area contributed by atoms with Crippen molar-refractivity contribution >= 4 is 100 Å². The fraction of sp³-hybridized carbons (Fsp3) is 0.188. The first kappa shape index (κ1) is 43.9. The largest absolute Gasteiger partial charge is 0.456 e. The van der Waals surface area contributed by atoms with Crippen LogP contribution in [0.3, 0.4) is 0 Å². The fourth-order valence-corrected chi connectivity index (χ4v) is 13.0. The Balaban J connectivity index is 1.22. The van der Waals surface area contributed by atoms with Gasteiger partial charge in [-0.1, -0.05) is 178 Å². The lowest BCUT2D eigenvalue weighted by Crippen LogP contribution is -2.56. The van der Waals surface area contributed by atoms with E-state index >= 15 is 0 Å². The van der Waals surface area contributed by atoms with E-state index in [1.54, 1.807) is 0 Å². The lowest BCUT2D eigenvalue weighted by atomic mass is 9.44. The number of hydrogen-bond acceptors (Lipinski definition) is 2. The Kier molecular flexibility index (Phi) is 9.10. The van der Waals surface area contributed by atoms with E-state index in [1.165, 1.54) is 121 Å². The van der Waals surface area contributed by atoms with E-state index in [1.807, 2.05) is 0 Å². The van der Waals surface area contributed by atoms with Crippen LogP contribution in [0.25, 0.3) is 98.7 Å². The molecule has 2 aliphatic heterocycles. The summed E-state index contributed by atoms with van der Waals surface area (Å²) in [6.45, 7) is 23.4. The number of furan rings is 1. The molecular formula is C69H59BN2O. The summed E-state index contributed by atoms with van der Waals surface area (Å²) in [7, 11) is 0. The lowest BCUT2D eigenvalue weighted by Gasteiger charge is -2.41. The molecule has 4 heteroatoms. The number of aryl methyl sites for hydroxylation is 1. The number of aromatic nitrogens is 1. The molecular weight excluding hydrogens is 884 g/mol. The fourth-order valence-electron chi connectivity index (χ4n) is 13.0. The molecule has 0 saturated heterocycles. The van der Waals surface area contributed by atoms with Crippen LogP contribution in [0, 0.1) is 6.92 Å². The van der Waals surface area contributed by atoms with Crippen LogP contribution in [0.15, 0.2) is 180 Å². The van der Waals surface area contributed by atoms with Gasteiger partial charge in [-0.3, -0.25) is 0 Å². The molecule has 0 spiro atoms. The molecule has 2 aliphatic rings. The maximum Gasteiger partial charge on any atom is 0.333 e. The summed E-state index contributed by atoms with van der Waals surface area (Å²) < 4.78 is 9.88. The molecule has 14 rings (SSSR count). The molecule has 4 heterocycles. The molecule has 0 radical (unpaired) electrons. The molecule has 0 unspecified atom stereocenters. The van der Waals surface area contributed by atoms with Gasteiger partial charge >= 0.3 is 6.85 Å². The van der Waals surface area contributed by atoms with Gasteiger partial charge in [0, 0.05) is 61.3 Å². The van der Waals surface area contributed by atoms with Gasteiger partial charge in [0.15, 0.2) is 0 Å². The second-order valence-electron chi connectivity index (χ2n) is 24.2. The molecule has 0 atom stereocenters. The summed E-state index contributed by atoms with van der Waals surface area (Å²) in [5, 5.41) is 10.2. The van der Waals surface area contributed by atoms with Gasteiger partial charge in [-0.25, -0.2) is 0 Å². The Morgan fingerprint density at radius 3 is 1.71 bits per heavy atom. The minimum Gasteiger partial charge on any atom is -0.456 e. The van der Waals surface area contributed by atoms with Gasteiger partial charge < -0.3 is 13.8 Å². The minimum absolute atomic E-state index is 0.0277. The van der Waals surface area contributed by atoms with Gasteiger partial charge in [0.05, 0.1) is 0 Å². The summed E-state index contributed by atoms with van der Waals surface area (Å²) in [4.78, 5) is 2.62. The van der Waals surface area contributed by atoms with Crippen molar-refractivity contribution in [1.29, 1.82) is 0 Å². The van der Waals surface area contributed by atoms with E-state index in [0.717, 1.165) is 27.9 Å². The number of nitrogens with zero attached hydrogens (tertiary/aromatic N) is 2. The van der Waals surface area contributed by atoms with Gasteiger partial charge in [-0.15, -0.1) is 0 Å². The maximum absolute atomic E-state index is 7.14. The summed E-state index contributed by atoms with van der Waals surface area (Å²) in [6, 6.07) is 66.7. The molecule has 0 amide bonds. The average molecular weight is 943 g/mol. The number of benzene rings is 10. The van der Waals surface area contributed by atoms with Crippen LogP contribution >= 0.6 is 0 Å². The number of anilines is 3. The van der Waals surface area contributed by atoms with Crippen LogP contribution in [-0.4, -0.2) is 11.3 Å². The van der Waals surface area contributed by atoms with Crippen molar-refractivity contribution < 1.29 is 4.42 Å². The Bertz CT molecular complexity index is 4270. The third-order valence-electron chi connectivity index (χ3n) is 16.5. The summed E-state index contributed by atoms with van der Waals surface area (Å²) in [5.74, 6) is 0. The first-order valence-corrected chi connectivity index (χ1v) is 26.2. The second-order valence-corrected chi connectivity index (χ2v) is 24.2. The minimum atomic E-state index is -0.165. The van der Waals surface area contributed by atoms with Crippen LogP contribution in [0.4, 0.5) is 17.1 Å². The summed E-state index contributed by atoms with van der Waals surface area (Å²) in [6.07, 6.45) is 0. The standard InChI is InChI=1S/C69H59BN2O/c1-40-48-25-17-18-26-49(48)64(69(8,9)10)53-38-58-56(37-51(40)53)70-65-59(71(58)47-32-43(41-21-13-11-14-22-41)31-44(33-47)42-23-15-12-16-24-42)39-61-62(50-27-19-20-28-60(50)73-61)63(65)55-36-46(68(5,6)7)35-54-52-34-45(67(2,3)4)29-30-57(52)72(70)66(54)55/h11-39H,1-10H3. The Morgan fingerprint density at radius 2 is 1.05 bits per heavy atom. The molecule has 10 aromatic carbocycles. The molecule has 2 aromatic heterocycles. The highest BCUT2D eigenvalue weighted by atomic mass is 16.3. The van der Waals surface area contributed by atoms with Gasteiger partial charge in [-0.2, -0.15) is 0 Å².